The smallest absolute Gasteiger partial charge is 0.333 e. The van der Waals surface area contributed by atoms with E-state index in [9.17, 15) is 4.79 Å². The van der Waals surface area contributed by atoms with Crippen LogP contribution in [0.4, 0.5) is 0 Å². The summed E-state index contributed by atoms with van der Waals surface area (Å²) in [5.74, 6) is 0.147. The number of nitrogens with zero attached hydrogens (tertiary/aromatic N) is 2. The van der Waals surface area contributed by atoms with Crippen LogP contribution in [-0.4, -0.2) is 15.7 Å². The lowest BCUT2D eigenvalue weighted by atomic mass is 10.1. The van der Waals surface area contributed by atoms with E-state index in [1.54, 1.807) is 17.7 Å². The summed E-state index contributed by atoms with van der Waals surface area (Å²) in [7, 11) is 0. The molecule has 3 aromatic rings. The fraction of sp³-hybridized carbons (Fsp3) is 0.176. The first kappa shape index (κ1) is 14.6. The van der Waals surface area contributed by atoms with Crippen molar-refractivity contribution in [2.75, 3.05) is 0 Å². The molecule has 0 atom stereocenters. The topological polar surface area (TPSA) is 44.1 Å². The molecule has 1 heterocycles. The van der Waals surface area contributed by atoms with Gasteiger partial charge in [0.2, 0.25) is 0 Å². The minimum atomic E-state index is -0.377. The summed E-state index contributed by atoms with van der Waals surface area (Å²) in [4.78, 5) is 12.1. The third-order valence-corrected chi connectivity index (χ3v) is 4.07. The van der Waals surface area contributed by atoms with E-state index in [1.807, 2.05) is 43.3 Å². The van der Waals surface area contributed by atoms with Gasteiger partial charge in [-0.25, -0.2) is 4.79 Å². The summed E-state index contributed by atoms with van der Waals surface area (Å²) in [6.45, 7) is 3.67. The van der Waals surface area contributed by atoms with E-state index in [1.165, 1.54) is 0 Å². The molecule has 0 aliphatic rings. The van der Waals surface area contributed by atoms with Crippen molar-refractivity contribution in [3.8, 4) is 5.75 Å². The first-order valence-corrected chi connectivity index (χ1v) is 7.31. The van der Waals surface area contributed by atoms with Crippen molar-refractivity contribution in [2.24, 2.45) is 0 Å². The van der Waals surface area contributed by atoms with Gasteiger partial charge in [-0.2, -0.15) is 5.10 Å². The van der Waals surface area contributed by atoms with Crippen LogP contribution in [0.5, 0.6) is 5.75 Å². The van der Waals surface area contributed by atoms with Gasteiger partial charge in [0.1, 0.15) is 12.3 Å². The standard InChI is InChI=1S/C17H15ClN2O2/c1-11-17(18)12(2)20(19-11)10-16(21)22-15-8-7-13-5-3-4-6-14(13)9-15/h3-9H,10H2,1-2H3. The molecule has 0 unspecified atom stereocenters. The highest BCUT2D eigenvalue weighted by Gasteiger charge is 2.13. The van der Waals surface area contributed by atoms with Crippen LogP contribution >= 0.6 is 11.6 Å². The van der Waals surface area contributed by atoms with Crippen molar-refractivity contribution in [1.82, 2.24) is 9.78 Å². The van der Waals surface area contributed by atoms with Gasteiger partial charge in [-0.05, 0) is 36.8 Å². The fourth-order valence-electron chi connectivity index (χ4n) is 2.35. The molecule has 0 fully saturated rings. The quantitative estimate of drug-likeness (QED) is 0.544. The SMILES string of the molecule is Cc1nn(CC(=O)Oc2ccc3ccccc3c2)c(C)c1Cl. The van der Waals surface area contributed by atoms with Crippen molar-refractivity contribution < 1.29 is 9.53 Å². The van der Waals surface area contributed by atoms with Crippen LogP contribution in [0.15, 0.2) is 42.5 Å². The zero-order valence-electron chi connectivity index (χ0n) is 12.3. The Morgan fingerprint density at radius 1 is 1.18 bits per heavy atom. The second-order valence-electron chi connectivity index (χ2n) is 5.13. The van der Waals surface area contributed by atoms with Gasteiger partial charge in [0, 0.05) is 0 Å². The number of fused-ring (bicyclic) bond motifs is 1. The lowest BCUT2D eigenvalue weighted by Crippen LogP contribution is -2.18. The molecule has 112 valence electrons. The number of rotatable bonds is 3. The van der Waals surface area contributed by atoms with Gasteiger partial charge in [-0.3, -0.25) is 4.68 Å². The third-order valence-electron chi connectivity index (χ3n) is 3.52. The Labute approximate surface area is 133 Å². The molecule has 0 aliphatic heterocycles. The molecule has 0 aliphatic carbocycles. The van der Waals surface area contributed by atoms with Gasteiger partial charge >= 0.3 is 5.97 Å². The number of carbonyl (C=O) groups excluding carboxylic acids is 1. The number of hydrogen-bond acceptors (Lipinski definition) is 3. The molecule has 0 amide bonds. The Hall–Kier alpha value is -2.33. The minimum Gasteiger partial charge on any atom is -0.425 e. The Kier molecular flexibility index (Phi) is 3.86. The van der Waals surface area contributed by atoms with Crippen LogP contribution in [0.1, 0.15) is 11.4 Å². The van der Waals surface area contributed by atoms with E-state index >= 15 is 0 Å². The predicted octanol–water partition coefficient (Wildman–Crippen LogP) is 3.91. The molecule has 1 aromatic heterocycles. The van der Waals surface area contributed by atoms with Gasteiger partial charge in [-0.15, -0.1) is 0 Å². The highest BCUT2D eigenvalue weighted by atomic mass is 35.5. The normalized spacial score (nSPS) is 10.9. The maximum atomic E-state index is 12.1. The monoisotopic (exact) mass is 314 g/mol. The molecule has 0 N–H and O–H groups in total. The highest BCUT2D eigenvalue weighted by Crippen LogP contribution is 2.22. The van der Waals surface area contributed by atoms with Gasteiger partial charge in [0.15, 0.2) is 0 Å². The van der Waals surface area contributed by atoms with Crippen LogP contribution < -0.4 is 4.74 Å². The largest absolute Gasteiger partial charge is 0.425 e. The first-order chi connectivity index (χ1) is 10.5. The second-order valence-corrected chi connectivity index (χ2v) is 5.50. The Morgan fingerprint density at radius 2 is 1.91 bits per heavy atom. The van der Waals surface area contributed by atoms with Crippen molar-refractivity contribution in [3.05, 3.63) is 58.9 Å². The molecule has 0 spiro atoms. The van der Waals surface area contributed by atoms with E-state index in [2.05, 4.69) is 5.10 Å². The number of aryl methyl sites for hydroxylation is 1. The van der Waals surface area contributed by atoms with Gasteiger partial charge in [-0.1, -0.05) is 41.9 Å². The number of hydrogen-bond donors (Lipinski definition) is 0. The molecule has 2 aromatic carbocycles. The van der Waals surface area contributed by atoms with E-state index < -0.39 is 0 Å². The average Bonchev–Trinajstić information content (AvgIpc) is 2.74. The van der Waals surface area contributed by atoms with Crippen LogP contribution in [0.3, 0.4) is 0 Å². The summed E-state index contributed by atoms with van der Waals surface area (Å²) in [6.07, 6.45) is 0. The van der Waals surface area contributed by atoms with Gasteiger partial charge < -0.3 is 4.74 Å². The lowest BCUT2D eigenvalue weighted by molar-refractivity contribution is -0.135. The van der Waals surface area contributed by atoms with Crippen LogP contribution in [0, 0.1) is 13.8 Å². The molecule has 4 nitrogen and oxygen atoms in total. The molecule has 3 rings (SSSR count). The maximum absolute atomic E-state index is 12.1. The van der Waals surface area contributed by atoms with Crippen molar-refractivity contribution in [2.45, 2.75) is 20.4 Å². The average molecular weight is 315 g/mol. The zero-order valence-corrected chi connectivity index (χ0v) is 13.1. The summed E-state index contributed by atoms with van der Waals surface area (Å²) < 4.78 is 6.94. The van der Waals surface area contributed by atoms with Crippen molar-refractivity contribution in [3.63, 3.8) is 0 Å². The summed E-state index contributed by atoms with van der Waals surface area (Å²) in [5, 5.41) is 6.94. The lowest BCUT2D eigenvalue weighted by Gasteiger charge is -2.07. The molecule has 0 bridgehead atoms. The summed E-state index contributed by atoms with van der Waals surface area (Å²) >= 11 is 6.07. The molecular weight excluding hydrogens is 300 g/mol. The maximum Gasteiger partial charge on any atom is 0.333 e. The number of carbonyl (C=O) groups is 1. The van der Waals surface area contributed by atoms with E-state index in [4.69, 9.17) is 16.3 Å². The predicted molar refractivity (Wildman–Crippen MR) is 86.3 cm³/mol. The number of esters is 1. The molecular formula is C17H15ClN2O2. The number of benzene rings is 2. The van der Waals surface area contributed by atoms with E-state index in [-0.39, 0.29) is 12.5 Å². The first-order valence-electron chi connectivity index (χ1n) is 6.93. The van der Waals surface area contributed by atoms with E-state index in [0.717, 1.165) is 16.5 Å². The van der Waals surface area contributed by atoms with Crippen molar-refractivity contribution in [1.29, 1.82) is 0 Å². The van der Waals surface area contributed by atoms with Crippen LogP contribution in [0.2, 0.25) is 5.02 Å². The molecule has 0 radical (unpaired) electrons. The molecule has 22 heavy (non-hydrogen) atoms. The second kappa shape index (κ2) is 5.81. The third kappa shape index (κ3) is 2.83. The number of halogens is 1. The molecule has 0 saturated carbocycles. The Balaban J connectivity index is 1.76. The number of ether oxygens (including phenoxy) is 1. The van der Waals surface area contributed by atoms with Crippen LogP contribution in [-0.2, 0) is 11.3 Å². The molecule has 5 heteroatoms. The van der Waals surface area contributed by atoms with Crippen LogP contribution in [0.25, 0.3) is 10.8 Å². The number of aromatic nitrogens is 2. The summed E-state index contributed by atoms with van der Waals surface area (Å²) in [6, 6.07) is 13.5. The summed E-state index contributed by atoms with van der Waals surface area (Å²) in [5.41, 5.74) is 1.47. The Bertz CT molecular complexity index is 855. The van der Waals surface area contributed by atoms with Gasteiger partial charge in [0.05, 0.1) is 16.4 Å². The minimum absolute atomic E-state index is 0.0339. The molecule has 0 saturated heterocycles. The fourth-order valence-corrected chi connectivity index (χ4v) is 2.48. The zero-order chi connectivity index (χ0) is 15.7. The van der Waals surface area contributed by atoms with E-state index in [0.29, 0.717) is 16.5 Å². The Morgan fingerprint density at radius 3 is 2.59 bits per heavy atom. The highest BCUT2D eigenvalue weighted by molar-refractivity contribution is 6.31. The van der Waals surface area contributed by atoms with Crippen molar-refractivity contribution >= 4 is 28.3 Å². The van der Waals surface area contributed by atoms with Gasteiger partial charge in [0.25, 0.3) is 0 Å².